The van der Waals surface area contributed by atoms with Gasteiger partial charge in [0.2, 0.25) is 0 Å². The summed E-state index contributed by atoms with van der Waals surface area (Å²) in [5.74, 6) is 0.508. The van der Waals surface area contributed by atoms with Crippen molar-refractivity contribution in [3.8, 4) is 0 Å². The highest BCUT2D eigenvalue weighted by molar-refractivity contribution is 6.19. The fraction of sp³-hybridized carbons (Fsp3) is 0.222. The number of halogens is 1. The average molecular weight is 183 g/mol. The predicted octanol–water partition coefficient (Wildman–Crippen LogP) is 2.22. The maximum absolute atomic E-state index is 5.57. The number of aromatic nitrogens is 1. The number of rotatable bonds is 2. The molecule has 64 valence electrons. The number of nitrogens with zero attached hydrogens (tertiary/aromatic N) is 1. The van der Waals surface area contributed by atoms with Crippen LogP contribution >= 0.6 is 11.6 Å². The fourth-order valence-corrected chi connectivity index (χ4v) is 0.996. The molecule has 1 aromatic heterocycles. The smallest absolute Gasteiger partial charge is 0.0506 e. The predicted molar refractivity (Wildman–Crippen MR) is 53.1 cm³/mol. The van der Waals surface area contributed by atoms with Crippen LogP contribution in [0.25, 0.3) is 6.08 Å². The monoisotopic (exact) mass is 182 g/mol. The van der Waals surface area contributed by atoms with Gasteiger partial charge in [0.1, 0.15) is 0 Å². The topological polar surface area (TPSA) is 38.9 Å². The quantitative estimate of drug-likeness (QED) is 0.713. The highest BCUT2D eigenvalue weighted by Crippen LogP contribution is 2.10. The summed E-state index contributed by atoms with van der Waals surface area (Å²) in [6.45, 7) is 1.94. The van der Waals surface area contributed by atoms with Crippen LogP contribution in [0.15, 0.2) is 18.3 Å². The second kappa shape index (κ2) is 4.12. The number of nitrogens with two attached hydrogens (primary N) is 1. The molecule has 0 aliphatic heterocycles. The van der Waals surface area contributed by atoms with Crippen LogP contribution in [0.5, 0.6) is 0 Å². The van der Waals surface area contributed by atoms with Crippen LogP contribution in [-0.4, -0.2) is 10.9 Å². The van der Waals surface area contributed by atoms with Crippen molar-refractivity contribution in [2.45, 2.75) is 6.92 Å². The highest BCUT2D eigenvalue weighted by Gasteiger charge is 1.94. The largest absolute Gasteiger partial charge is 0.397 e. The van der Waals surface area contributed by atoms with Gasteiger partial charge in [-0.15, -0.1) is 11.6 Å². The van der Waals surface area contributed by atoms with Crippen molar-refractivity contribution in [2.24, 2.45) is 0 Å². The number of alkyl halides is 1. The summed E-state index contributed by atoms with van der Waals surface area (Å²) in [6, 6.07) is 1.88. The Kier molecular flexibility index (Phi) is 3.11. The van der Waals surface area contributed by atoms with Crippen molar-refractivity contribution in [1.29, 1.82) is 0 Å². The third-order valence-corrected chi connectivity index (χ3v) is 1.71. The maximum atomic E-state index is 5.57. The third kappa shape index (κ3) is 2.24. The Labute approximate surface area is 77.1 Å². The van der Waals surface area contributed by atoms with Gasteiger partial charge in [0.25, 0.3) is 0 Å². The van der Waals surface area contributed by atoms with Crippen LogP contribution in [-0.2, 0) is 0 Å². The zero-order valence-electron chi connectivity index (χ0n) is 6.92. The first-order valence-corrected chi connectivity index (χ1v) is 4.22. The summed E-state index contributed by atoms with van der Waals surface area (Å²) in [4.78, 5) is 4.11. The van der Waals surface area contributed by atoms with Crippen molar-refractivity contribution < 1.29 is 0 Å². The SMILES string of the molecule is Cc1ncc(N)cc1C=CCCl. The van der Waals surface area contributed by atoms with Crippen molar-refractivity contribution in [2.75, 3.05) is 11.6 Å². The second-order valence-corrected chi connectivity index (χ2v) is 2.81. The molecule has 0 unspecified atom stereocenters. The van der Waals surface area contributed by atoms with Crippen LogP contribution in [0.1, 0.15) is 11.3 Å². The number of hydrogen-bond acceptors (Lipinski definition) is 2. The minimum atomic E-state index is 0.508. The Morgan fingerprint density at radius 2 is 2.42 bits per heavy atom. The van der Waals surface area contributed by atoms with Gasteiger partial charge in [-0.25, -0.2) is 0 Å². The molecule has 0 atom stereocenters. The van der Waals surface area contributed by atoms with Gasteiger partial charge < -0.3 is 5.73 Å². The molecule has 0 bridgehead atoms. The Hall–Kier alpha value is -1.02. The Morgan fingerprint density at radius 1 is 1.67 bits per heavy atom. The standard InChI is InChI=1S/C9H11ClN2/c1-7-8(3-2-4-10)5-9(11)6-12-7/h2-3,5-6H,4,11H2,1H3. The van der Waals surface area contributed by atoms with Crippen molar-refractivity contribution in [1.82, 2.24) is 4.98 Å². The molecule has 0 saturated carbocycles. The lowest BCUT2D eigenvalue weighted by Gasteiger charge is -1.99. The van der Waals surface area contributed by atoms with E-state index in [1.807, 2.05) is 25.1 Å². The molecule has 0 aromatic carbocycles. The molecule has 12 heavy (non-hydrogen) atoms. The summed E-state index contributed by atoms with van der Waals surface area (Å²) >= 11 is 5.51. The van der Waals surface area contributed by atoms with E-state index in [1.165, 1.54) is 0 Å². The summed E-state index contributed by atoms with van der Waals surface area (Å²) in [7, 11) is 0. The lowest BCUT2D eigenvalue weighted by molar-refractivity contribution is 1.19. The van der Waals surface area contributed by atoms with E-state index in [-0.39, 0.29) is 0 Å². The summed E-state index contributed by atoms with van der Waals surface area (Å²) < 4.78 is 0. The second-order valence-electron chi connectivity index (χ2n) is 2.50. The third-order valence-electron chi connectivity index (χ3n) is 1.53. The van der Waals surface area contributed by atoms with Crippen molar-refractivity contribution in [3.05, 3.63) is 29.6 Å². The van der Waals surface area contributed by atoms with E-state index in [2.05, 4.69) is 4.98 Å². The molecule has 0 aliphatic carbocycles. The van der Waals surface area contributed by atoms with Crippen LogP contribution in [0.3, 0.4) is 0 Å². The van der Waals surface area contributed by atoms with E-state index in [1.54, 1.807) is 6.20 Å². The Bertz CT molecular complexity index is 295. The molecule has 0 saturated heterocycles. The number of aryl methyl sites for hydroxylation is 1. The van der Waals surface area contributed by atoms with Crippen molar-refractivity contribution >= 4 is 23.4 Å². The van der Waals surface area contributed by atoms with Gasteiger partial charge in [-0.3, -0.25) is 4.98 Å². The fourth-order valence-electron chi connectivity index (χ4n) is 0.907. The average Bonchev–Trinajstić information content (AvgIpc) is 2.07. The number of nitrogen functional groups attached to an aromatic ring is 1. The van der Waals surface area contributed by atoms with Gasteiger partial charge in [-0.05, 0) is 18.6 Å². The number of anilines is 1. The number of hydrogen-bond donors (Lipinski definition) is 1. The molecule has 0 aliphatic rings. The molecular formula is C9H11ClN2. The molecule has 2 nitrogen and oxygen atoms in total. The van der Waals surface area contributed by atoms with Crippen LogP contribution in [0, 0.1) is 6.92 Å². The first-order valence-electron chi connectivity index (χ1n) is 3.68. The molecule has 1 aromatic rings. The van der Waals surface area contributed by atoms with Crippen LogP contribution in [0.4, 0.5) is 5.69 Å². The van der Waals surface area contributed by atoms with E-state index >= 15 is 0 Å². The summed E-state index contributed by atoms with van der Waals surface area (Å²) in [5, 5.41) is 0. The first-order chi connectivity index (χ1) is 5.74. The van der Waals surface area contributed by atoms with Crippen LogP contribution < -0.4 is 5.73 Å². The molecule has 0 fully saturated rings. The summed E-state index contributed by atoms with van der Waals surface area (Å²) in [6.07, 6.45) is 5.43. The zero-order chi connectivity index (χ0) is 8.97. The van der Waals surface area contributed by atoms with E-state index in [0.29, 0.717) is 11.6 Å². The normalized spacial score (nSPS) is 10.8. The van der Waals surface area contributed by atoms with Gasteiger partial charge >= 0.3 is 0 Å². The molecule has 1 rings (SSSR count). The summed E-state index contributed by atoms with van der Waals surface area (Å²) in [5.41, 5.74) is 8.23. The Morgan fingerprint density at radius 3 is 3.08 bits per heavy atom. The molecule has 0 radical (unpaired) electrons. The van der Waals surface area contributed by atoms with Gasteiger partial charge in [-0.1, -0.05) is 12.2 Å². The lowest BCUT2D eigenvalue weighted by atomic mass is 10.2. The molecule has 2 N–H and O–H groups in total. The van der Waals surface area contributed by atoms with Gasteiger partial charge in [0, 0.05) is 11.6 Å². The lowest BCUT2D eigenvalue weighted by Crippen LogP contribution is -1.91. The van der Waals surface area contributed by atoms with Gasteiger partial charge in [-0.2, -0.15) is 0 Å². The maximum Gasteiger partial charge on any atom is 0.0506 e. The van der Waals surface area contributed by atoms with E-state index < -0.39 is 0 Å². The Balaban J connectivity index is 2.97. The molecule has 1 heterocycles. The molecular weight excluding hydrogens is 172 g/mol. The van der Waals surface area contributed by atoms with E-state index in [4.69, 9.17) is 17.3 Å². The van der Waals surface area contributed by atoms with E-state index in [9.17, 15) is 0 Å². The van der Waals surface area contributed by atoms with E-state index in [0.717, 1.165) is 11.3 Å². The van der Waals surface area contributed by atoms with Crippen molar-refractivity contribution in [3.63, 3.8) is 0 Å². The molecule has 0 amide bonds. The number of pyridine rings is 1. The van der Waals surface area contributed by atoms with Gasteiger partial charge in [0.15, 0.2) is 0 Å². The molecule has 3 heteroatoms. The molecule has 0 spiro atoms. The highest BCUT2D eigenvalue weighted by atomic mass is 35.5. The minimum Gasteiger partial charge on any atom is -0.397 e. The zero-order valence-corrected chi connectivity index (χ0v) is 7.67. The van der Waals surface area contributed by atoms with Crippen LogP contribution in [0.2, 0.25) is 0 Å². The van der Waals surface area contributed by atoms with Gasteiger partial charge in [0.05, 0.1) is 11.9 Å². The first kappa shape index (κ1) is 9.07. The number of allylic oxidation sites excluding steroid dienone is 1. The minimum absolute atomic E-state index is 0.508.